The van der Waals surface area contributed by atoms with Crippen LogP contribution in [0.25, 0.3) is 0 Å². The number of piperidine rings is 1. The molecule has 1 saturated heterocycles. The molecule has 0 aliphatic carbocycles. The Hall–Kier alpha value is -0.770. The SMILES string of the molecule is CC(C)(C(=O)O)C1CCCN(Cc2ccc(Cl)cc2Cl)C1. The smallest absolute Gasteiger partial charge is 0.309 e. The van der Waals surface area contributed by atoms with Crippen molar-refractivity contribution >= 4 is 29.2 Å². The van der Waals surface area contributed by atoms with Gasteiger partial charge >= 0.3 is 5.97 Å². The molecule has 0 radical (unpaired) electrons. The summed E-state index contributed by atoms with van der Waals surface area (Å²) in [6.07, 6.45) is 1.98. The van der Waals surface area contributed by atoms with Crippen molar-refractivity contribution in [3.05, 3.63) is 33.8 Å². The van der Waals surface area contributed by atoms with E-state index in [4.69, 9.17) is 23.2 Å². The molecule has 1 fully saturated rings. The molecule has 1 atom stereocenters. The van der Waals surface area contributed by atoms with E-state index in [2.05, 4.69) is 4.90 Å². The predicted molar refractivity (Wildman–Crippen MR) is 85.9 cm³/mol. The highest BCUT2D eigenvalue weighted by Gasteiger charge is 2.39. The largest absolute Gasteiger partial charge is 0.481 e. The molecule has 21 heavy (non-hydrogen) atoms. The lowest BCUT2D eigenvalue weighted by Crippen LogP contribution is -2.44. The van der Waals surface area contributed by atoms with Gasteiger partial charge in [0.05, 0.1) is 5.41 Å². The van der Waals surface area contributed by atoms with Crippen molar-refractivity contribution in [3.8, 4) is 0 Å². The van der Waals surface area contributed by atoms with Gasteiger partial charge in [-0.3, -0.25) is 9.69 Å². The van der Waals surface area contributed by atoms with Gasteiger partial charge in [-0.15, -0.1) is 0 Å². The number of rotatable bonds is 4. The van der Waals surface area contributed by atoms with Gasteiger partial charge in [0.2, 0.25) is 0 Å². The fourth-order valence-corrected chi connectivity index (χ4v) is 3.32. The van der Waals surface area contributed by atoms with Gasteiger partial charge in [-0.05, 0) is 56.8 Å². The zero-order chi connectivity index (χ0) is 15.6. The molecule has 0 amide bonds. The van der Waals surface area contributed by atoms with Crippen LogP contribution < -0.4 is 0 Å². The summed E-state index contributed by atoms with van der Waals surface area (Å²) in [5.74, 6) is -0.561. The second-order valence-corrected chi connectivity index (χ2v) is 7.18. The number of carboxylic acid groups (broad SMARTS) is 1. The van der Waals surface area contributed by atoms with Crippen molar-refractivity contribution in [2.45, 2.75) is 33.2 Å². The summed E-state index contributed by atoms with van der Waals surface area (Å²) in [4.78, 5) is 13.7. The number of hydrogen-bond acceptors (Lipinski definition) is 2. The van der Waals surface area contributed by atoms with Crippen molar-refractivity contribution in [3.63, 3.8) is 0 Å². The Labute approximate surface area is 135 Å². The molecule has 5 heteroatoms. The quantitative estimate of drug-likeness (QED) is 0.894. The Morgan fingerprint density at radius 2 is 2.14 bits per heavy atom. The van der Waals surface area contributed by atoms with Crippen LogP contribution in [0.4, 0.5) is 0 Å². The molecular formula is C16H21Cl2NO2. The van der Waals surface area contributed by atoms with Crippen LogP contribution in [0.1, 0.15) is 32.3 Å². The van der Waals surface area contributed by atoms with Gasteiger partial charge < -0.3 is 5.11 Å². The van der Waals surface area contributed by atoms with E-state index in [-0.39, 0.29) is 5.92 Å². The Morgan fingerprint density at radius 3 is 2.76 bits per heavy atom. The van der Waals surface area contributed by atoms with Crippen molar-refractivity contribution in [2.24, 2.45) is 11.3 Å². The molecule has 1 aromatic carbocycles. The summed E-state index contributed by atoms with van der Waals surface area (Å²) in [6, 6.07) is 5.53. The first-order chi connectivity index (χ1) is 9.80. The van der Waals surface area contributed by atoms with Crippen molar-refractivity contribution < 1.29 is 9.90 Å². The number of carboxylic acids is 1. The predicted octanol–water partition coefficient (Wildman–Crippen LogP) is 4.32. The summed E-state index contributed by atoms with van der Waals surface area (Å²) in [6.45, 7) is 6.14. The highest BCUT2D eigenvalue weighted by Crippen LogP contribution is 2.35. The molecule has 1 heterocycles. The van der Waals surface area contributed by atoms with Crippen LogP contribution in [-0.4, -0.2) is 29.1 Å². The third-order valence-corrected chi connectivity index (χ3v) is 5.07. The van der Waals surface area contributed by atoms with Crippen molar-refractivity contribution in [2.75, 3.05) is 13.1 Å². The Morgan fingerprint density at radius 1 is 1.43 bits per heavy atom. The number of aliphatic carboxylic acids is 1. The van der Waals surface area contributed by atoms with E-state index in [0.717, 1.165) is 38.0 Å². The lowest BCUT2D eigenvalue weighted by Gasteiger charge is -2.39. The number of benzene rings is 1. The third kappa shape index (κ3) is 3.91. The lowest BCUT2D eigenvalue weighted by molar-refractivity contribution is -0.151. The van der Waals surface area contributed by atoms with E-state index in [9.17, 15) is 9.90 Å². The number of likely N-dealkylation sites (tertiary alicyclic amines) is 1. The van der Waals surface area contributed by atoms with E-state index < -0.39 is 11.4 Å². The van der Waals surface area contributed by atoms with Crippen molar-refractivity contribution in [1.29, 1.82) is 0 Å². The Kier molecular flexibility index (Phi) is 5.18. The maximum atomic E-state index is 11.4. The number of hydrogen-bond donors (Lipinski definition) is 1. The third-order valence-electron chi connectivity index (χ3n) is 4.49. The van der Waals surface area contributed by atoms with Crippen LogP contribution in [0.2, 0.25) is 10.0 Å². The lowest BCUT2D eigenvalue weighted by atomic mass is 9.74. The number of halogens is 2. The molecule has 1 aromatic rings. The van der Waals surface area contributed by atoms with Gasteiger partial charge in [-0.2, -0.15) is 0 Å². The maximum absolute atomic E-state index is 11.4. The molecule has 1 N–H and O–H groups in total. The first kappa shape index (κ1) is 16.6. The second kappa shape index (κ2) is 6.55. The monoisotopic (exact) mass is 329 g/mol. The molecule has 1 unspecified atom stereocenters. The molecular weight excluding hydrogens is 309 g/mol. The van der Waals surface area contributed by atoms with Crippen LogP contribution in [-0.2, 0) is 11.3 Å². The molecule has 2 rings (SSSR count). The van der Waals surface area contributed by atoms with Crippen LogP contribution in [0.3, 0.4) is 0 Å². The standard InChI is InChI=1S/C16H21Cl2NO2/c1-16(2,15(20)21)12-4-3-7-19(10-12)9-11-5-6-13(17)8-14(11)18/h5-6,8,12H,3-4,7,9-10H2,1-2H3,(H,20,21). The van der Waals surface area contributed by atoms with E-state index in [1.807, 2.05) is 26.0 Å². The van der Waals surface area contributed by atoms with Gasteiger partial charge in [0.25, 0.3) is 0 Å². The molecule has 0 spiro atoms. The van der Waals surface area contributed by atoms with Gasteiger partial charge in [-0.1, -0.05) is 29.3 Å². The normalized spacial score (nSPS) is 20.5. The minimum absolute atomic E-state index is 0.162. The van der Waals surface area contributed by atoms with Gasteiger partial charge in [0.1, 0.15) is 0 Å². The summed E-state index contributed by atoms with van der Waals surface area (Å²) in [5, 5.41) is 10.7. The average molecular weight is 330 g/mol. The molecule has 0 bridgehead atoms. The zero-order valence-electron chi connectivity index (χ0n) is 12.4. The fraction of sp³-hybridized carbons (Fsp3) is 0.562. The minimum atomic E-state index is -0.723. The van der Waals surface area contributed by atoms with Crippen LogP contribution in [0, 0.1) is 11.3 Å². The van der Waals surface area contributed by atoms with E-state index >= 15 is 0 Å². The molecule has 1 aliphatic heterocycles. The highest BCUT2D eigenvalue weighted by molar-refractivity contribution is 6.35. The first-order valence-corrected chi connectivity index (χ1v) is 7.96. The molecule has 116 valence electrons. The van der Waals surface area contributed by atoms with Crippen LogP contribution in [0.5, 0.6) is 0 Å². The van der Waals surface area contributed by atoms with Gasteiger partial charge in [0.15, 0.2) is 0 Å². The van der Waals surface area contributed by atoms with E-state index in [1.54, 1.807) is 6.07 Å². The van der Waals surface area contributed by atoms with Gasteiger partial charge in [0, 0.05) is 23.1 Å². The molecule has 0 aromatic heterocycles. The van der Waals surface area contributed by atoms with Crippen LogP contribution >= 0.6 is 23.2 Å². The molecule has 1 aliphatic rings. The Bertz CT molecular complexity index is 531. The van der Waals surface area contributed by atoms with Gasteiger partial charge in [-0.25, -0.2) is 0 Å². The van der Waals surface area contributed by atoms with E-state index in [0.29, 0.717) is 10.0 Å². The molecule has 0 saturated carbocycles. The fourth-order valence-electron chi connectivity index (χ4n) is 2.85. The number of nitrogens with zero attached hydrogens (tertiary/aromatic N) is 1. The summed E-state index contributed by atoms with van der Waals surface area (Å²) >= 11 is 12.1. The van der Waals surface area contributed by atoms with Crippen LogP contribution in [0.15, 0.2) is 18.2 Å². The summed E-state index contributed by atoms with van der Waals surface area (Å²) < 4.78 is 0. The summed E-state index contributed by atoms with van der Waals surface area (Å²) in [7, 11) is 0. The average Bonchev–Trinajstić information content (AvgIpc) is 2.42. The zero-order valence-corrected chi connectivity index (χ0v) is 13.9. The number of carbonyl (C=O) groups is 1. The first-order valence-electron chi connectivity index (χ1n) is 7.20. The highest BCUT2D eigenvalue weighted by atomic mass is 35.5. The minimum Gasteiger partial charge on any atom is -0.481 e. The van der Waals surface area contributed by atoms with Crippen molar-refractivity contribution in [1.82, 2.24) is 4.90 Å². The second-order valence-electron chi connectivity index (χ2n) is 6.34. The Balaban J connectivity index is 2.06. The van der Waals surface area contributed by atoms with E-state index in [1.165, 1.54) is 0 Å². The molecule has 3 nitrogen and oxygen atoms in total. The maximum Gasteiger partial charge on any atom is 0.309 e. The topological polar surface area (TPSA) is 40.5 Å². The summed E-state index contributed by atoms with van der Waals surface area (Å²) in [5.41, 5.74) is 0.345.